The van der Waals surface area contributed by atoms with Crippen molar-refractivity contribution in [2.24, 2.45) is 0 Å². The molecule has 0 fully saturated rings. The zero-order chi connectivity index (χ0) is 17.4. The van der Waals surface area contributed by atoms with Crippen LogP contribution in [0.25, 0.3) is 0 Å². The molecule has 3 N–H and O–H groups in total. The van der Waals surface area contributed by atoms with Gasteiger partial charge in [-0.2, -0.15) is 0 Å². The Hall–Kier alpha value is -2.48. The van der Waals surface area contributed by atoms with Gasteiger partial charge < -0.3 is 15.5 Å². The van der Waals surface area contributed by atoms with E-state index in [0.29, 0.717) is 12.2 Å². The average molecular weight is 323 g/mol. The molecule has 0 aliphatic rings. The first-order valence-corrected chi connectivity index (χ1v) is 7.49. The van der Waals surface area contributed by atoms with Gasteiger partial charge in [-0.25, -0.2) is 0 Å². The van der Waals surface area contributed by atoms with E-state index in [4.69, 9.17) is 0 Å². The molecule has 1 aromatic rings. The minimum atomic E-state index is -0.518. The van der Waals surface area contributed by atoms with Gasteiger partial charge in [0.05, 0.1) is 11.5 Å². The van der Waals surface area contributed by atoms with Gasteiger partial charge in [-0.15, -0.1) is 0 Å². The molecule has 23 heavy (non-hydrogen) atoms. The third kappa shape index (κ3) is 6.88. The molecule has 0 aliphatic heterocycles. The molecule has 0 saturated heterocycles. The van der Waals surface area contributed by atoms with Gasteiger partial charge >= 0.3 is 0 Å². The van der Waals surface area contributed by atoms with Crippen LogP contribution >= 0.6 is 0 Å². The fourth-order valence-corrected chi connectivity index (χ4v) is 2.04. The lowest BCUT2D eigenvalue weighted by molar-refractivity contribution is -0.881. The SMILES string of the molecule is CC[NH+](CC(=O)Nc1cccc([N+](=O)[O-])c1)CC(=O)NC(C)C. The number of hydrogen-bond acceptors (Lipinski definition) is 4. The van der Waals surface area contributed by atoms with Gasteiger partial charge in [0.25, 0.3) is 17.5 Å². The van der Waals surface area contributed by atoms with Crippen molar-refractivity contribution in [3.63, 3.8) is 0 Å². The summed E-state index contributed by atoms with van der Waals surface area (Å²) in [6.45, 7) is 6.57. The van der Waals surface area contributed by atoms with Crippen molar-refractivity contribution in [3.05, 3.63) is 34.4 Å². The summed E-state index contributed by atoms with van der Waals surface area (Å²) in [5.74, 6) is -0.403. The van der Waals surface area contributed by atoms with Crippen molar-refractivity contribution in [1.29, 1.82) is 0 Å². The fraction of sp³-hybridized carbons (Fsp3) is 0.467. The largest absolute Gasteiger partial charge is 0.349 e. The Morgan fingerprint density at radius 2 is 1.91 bits per heavy atom. The minimum absolute atomic E-state index is 0.0549. The molecule has 0 aromatic heterocycles. The van der Waals surface area contributed by atoms with Crippen LogP contribution in [0.3, 0.4) is 0 Å². The number of non-ortho nitro benzene ring substituents is 1. The third-order valence-corrected chi connectivity index (χ3v) is 3.11. The molecule has 1 atom stereocenters. The highest BCUT2D eigenvalue weighted by Crippen LogP contribution is 2.16. The lowest BCUT2D eigenvalue weighted by Crippen LogP contribution is -3.14. The van der Waals surface area contributed by atoms with Gasteiger partial charge in [0, 0.05) is 23.9 Å². The number of nitrogens with one attached hydrogen (secondary N) is 3. The van der Waals surface area contributed by atoms with Crippen LogP contribution in [0.15, 0.2) is 24.3 Å². The Bertz CT molecular complexity index is 574. The second-order valence-corrected chi connectivity index (χ2v) is 5.53. The van der Waals surface area contributed by atoms with Gasteiger partial charge in [-0.1, -0.05) is 6.07 Å². The van der Waals surface area contributed by atoms with E-state index in [2.05, 4.69) is 10.6 Å². The molecular weight excluding hydrogens is 300 g/mol. The number of benzene rings is 1. The molecule has 0 bridgehead atoms. The predicted molar refractivity (Wildman–Crippen MR) is 86.2 cm³/mol. The van der Waals surface area contributed by atoms with Gasteiger partial charge in [0.2, 0.25) is 0 Å². The van der Waals surface area contributed by atoms with Crippen LogP contribution in [0.4, 0.5) is 11.4 Å². The van der Waals surface area contributed by atoms with Crippen molar-refractivity contribution in [2.75, 3.05) is 25.0 Å². The maximum Gasteiger partial charge on any atom is 0.279 e. The molecule has 8 nitrogen and oxygen atoms in total. The van der Waals surface area contributed by atoms with E-state index in [0.717, 1.165) is 4.90 Å². The van der Waals surface area contributed by atoms with Crippen molar-refractivity contribution in [3.8, 4) is 0 Å². The number of quaternary nitrogens is 1. The fourth-order valence-electron chi connectivity index (χ4n) is 2.04. The average Bonchev–Trinajstić information content (AvgIpc) is 2.45. The quantitative estimate of drug-likeness (QED) is 0.461. The van der Waals surface area contributed by atoms with Crippen LogP contribution in [0.5, 0.6) is 0 Å². The van der Waals surface area contributed by atoms with Crippen LogP contribution in [0.2, 0.25) is 0 Å². The molecule has 0 saturated carbocycles. The Balaban J connectivity index is 2.58. The maximum atomic E-state index is 12.0. The van der Waals surface area contributed by atoms with Gasteiger partial charge in [0.1, 0.15) is 0 Å². The highest BCUT2D eigenvalue weighted by Gasteiger charge is 2.17. The standard InChI is InChI=1S/C15H22N4O4/c1-4-18(9-14(20)16-11(2)3)10-15(21)17-12-6-5-7-13(8-12)19(22)23/h5-8,11H,4,9-10H2,1-3H3,(H,16,20)(H,17,21)/p+1. The number of likely N-dealkylation sites (N-methyl/N-ethyl adjacent to an activating group) is 1. The van der Waals surface area contributed by atoms with E-state index in [1.165, 1.54) is 18.2 Å². The van der Waals surface area contributed by atoms with E-state index in [-0.39, 0.29) is 36.6 Å². The summed E-state index contributed by atoms with van der Waals surface area (Å²) in [5.41, 5.74) is 0.282. The highest BCUT2D eigenvalue weighted by atomic mass is 16.6. The summed E-state index contributed by atoms with van der Waals surface area (Å²) in [5, 5.41) is 16.1. The van der Waals surface area contributed by atoms with E-state index in [1.54, 1.807) is 6.07 Å². The highest BCUT2D eigenvalue weighted by molar-refractivity contribution is 5.91. The van der Waals surface area contributed by atoms with Crippen molar-refractivity contribution < 1.29 is 19.4 Å². The molecule has 8 heteroatoms. The first-order chi connectivity index (χ1) is 10.8. The topological polar surface area (TPSA) is 106 Å². The smallest absolute Gasteiger partial charge is 0.279 e. The molecule has 0 heterocycles. The van der Waals surface area contributed by atoms with Crippen LogP contribution in [0.1, 0.15) is 20.8 Å². The van der Waals surface area contributed by atoms with E-state index in [1.807, 2.05) is 20.8 Å². The summed E-state index contributed by atoms with van der Waals surface area (Å²) in [6.07, 6.45) is 0. The number of nitro benzene ring substituents is 1. The van der Waals surface area contributed by atoms with E-state index < -0.39 is 4.92 Å². The monoisotopic (exact) mass is 323 g/mol. The number of rotatable bonds is 8. The molecule has 126 valence electrons. The molecule has 1 unspecified atom stereocenters. The van der Waals surface area contributed by atoms with Gasteiger partial charge in [-0.3, -0.25) is 19.7 Å². The second kappa shape index (κ2) is 8.84. The third-order valence-electron chi connectivity index (χ3n) is 3.11. The summed E-state index contributed by atoms with van der Waals surface area (Å²) < 4.78 is 0. The Kier molecular flexibility index (Phi) is 7.14. The number of hydrogen-bond donors (Lipinski definition) is 3. The number of amides is 2. The lowest BCUT2D eigenvalue weighted by Gasteiger charge is -2.17. The second-order valence-electron chi connectivity index (χ2n) is 5.53. The van der Waals surface area contributed by atoms with Crippen LogP contribution in [-0.4, -0.2) is 42.4 Å². The Labute approximate surface area is 135 Å². The molecule has 1 aromatic carbocycles. The molecule has 2 amide bonds. The lowest BCUT2D eigenvalue weighted by atomic mass is 10.3. The number of carbonyl (C=O) groups is 2. The molecule has 0 aliphatic carbocycles. The van der Waals surface area contributed by atoms with Crippen LogP contribution in [0, 0.1) is 10.1 Å². The van der Waals surface area contributed by atoms with E-state index >= 15 is 0 Å². The van der Waals surface area contributed by atoms with Crippen LogP contribution in [-0.2, 0) is 9.59 Å². The maximum absolute atomic E-state index is 12.0. The Morgan fingerprint density at radius 3 is 2.48 bits per heavy atom. The summed E-state index contributed by atoms with van der Waals surface area (Å²) in [7, 11) is 0. The van der Waals surface area contributed by atoms with Crippen molar-refractivity contribution in [1.82, 2.24) is 5.32 Å². The normalized spacial score (nSPS) is 11.8. The minimum Gasteiger partial charge on any atom is -0.349 e. The first kappa shape index (κ1) is 18.6. The molecule has 1 rings (SSSR count). The van der Waals surface area contributed by atoms with Gasteiger partial charge in [0.15, 0.2) is 13.1 Å². The molecular formula is C15H23N4O4+. The van der Waals surface area contributed by atoms with Crippen molar-refractivity contribution >= 4 is 23.2 Å². The first-order valence-electron chi connectivity index (χ1n) is 7.49. The number of nitrogens with zero attached hydrogens (tertiary/aromatic N) is 1. The predicted octanol–water partition coefficient (Wildman–Crippen LogP) is -0.0373. The Morgan fingerprint density at radius 1 is 1.26 bits per heavy atom. The zero-order valence-corrected chi connectivity index (χ0v) is 13.6. The number of nitro groups is 1. The number of carbonyl (C=O) groups excluding carboxylic acids is 2. The summed E-state index contributed by atoms with van der Waals surface area (Å²) >= 11 is 0. The summed E-state index contributed by atoms with van der Waals surface area (Å²) in [4.78, 5) is 34.8. The zero-order valence-electron chi connectivity index (χ0n) is 13.6. The summed E-state index contributed by atoms with van der Waals surface area (Å²) in [6, 6.07) is 5.81. The van der Waals surface area contributed by atoms with E-state index in [9.17, 15) is 19.7 Å². The molecule has 0 radical (unpaired) electrons. The van der Waals surface area contributed by atoms with Crippen molar-refractivity contribution in [2.45, 2.75) is 26.8 Å². The number of anilines is 1. The molecule has 0 spiro atoms. The van der Waals surface area contributed by atoms with Gasteiger partial charge in [-0.05, 0) is 26.8 Å². The van der Waals surface area contributed by atoms with Crippen LogP contribution < -0.4 is 15.5 Å².